The van der Waals surface area contributed by atoms with E-state index in [-0.39, 0.29) is 4.90 Å². The van der Waals surface area contributed by atoms with E-state index in [1.54, 1.807) is 6.07 Å². The second kappa shape index (κ2) is 5.55. The lowest BCUT2D eigenvalue weighted by atomic mass is 10.1. The van der Waals surface area contributed by atoms with Crippen molar-refractivity contribution in [2.45, 2.75) is 50.3 Å². The van der Waals surface area contributed by atoms with Crippen LogP contribution in [0.4, 0.5) is 0 Å². The molecule has 0 aliphatic carbocycles. The van der Waals surface area contributed by atoms with Gasteiger partial charge in [-0.1, -0.05) is 44.7 Å². The lowest BCUT2D eigenvalue weighted by Crippen LogP contribution is -2.20. The Hall–Kier alpha value is -0.653. The summed E-state index contributed by atoms with van der Waals surface area (Å²) in [7, 11) is -5.34. The van der Waals surface area contributed by atoms with Crippen LogP contribution in [0.5, 0.6) is 0 Å². The van der Waals surface area contributed by atoms with Crippen LogP contribution >= 0.6 is 0 Å². The largest absolute Gasteiger partial charge is 0.294 e. The lowest BCUT2D eigenvalue weighted by Gasteiger charge is -2.17. The lowest BCUT2D eigenvalue weighted by molar-refractivity contribution is 0.482. The predicted molar refractivity (Wildman–Crippen MR) is 77.5 cm³/mol. The van der Waals surface area contributed by atoms with Crippen LogP contribution in [-0.2, 0) is 23.0 Å². The molecule has 18 heavy (non-hydrogen) atoms. The number of hydrogen-bond acceptors (Lipinski definition) is 2. The van der Waals surface area contributed by atoms with E-state index in [0.717, 1.165) is 30.0 Å². The molecule has 3 nitrogen and oxygen atoms in total. The Kier molecular flexibility index (Phi) is 4.75. The van der Waals surface area contributed by atoms with Gasteiger partial charge in [-0.25, -0.2) is 0 Å². The van der Waals surface area contributed by atoms with E-state index in [0.29, 0.717) is 0 Å². The first-order valence-electron chi connectivity index (χ1n) is 6.23. The molecule has 1 aromatic carbocycles. The SMILES string of the molecule is CCc1ccc(S(=O)(=O)O)c(CC[Si](C)(C)C)c1. The van der Waals surface area contributed by atoms with Crippen molar-refractivity contribution in [2.24, 2.45) is 0 Å². The Morgan fingerprint density at radius 1 is 1.22 bits per heavy atom. The van der Waals surface area contributed by atoms with Gasteiger partial charge in [-0.15, -0.1) is 0 Å². The molecule has 1 N–H and O–H groups in total. The molecule has 0 unspecified atom stereocenters. The number of aryl methyl sites for hydroxylation is 2. The third-order valence-corrected chi connectivity index (χ3v) is 5.66. The highest BCUT2D eigenvalue weighted by Crippen LogP contribution is 2.22. The maximum atomic E-state index is 11.3. The molecule has 1 aromatic rings. The van der Waals surface area contributed by atoms with Crippen molar-refractivity contribution in [3.05, 3.63) is 29.3 Å². The highest BCUT2D eigenvalue weighted by molar-refractivity contribution is 7.85. The number of benzene rings is 1. The van der Waals surface area contributed by atoms with Gasteiger partial charge in [0.2, 0.25) is 0 Å². The third kappa shape index (κ3) is 4.55. The summed E-state index contributed by atoms with van der Waals surface area (Å²) in [6.07, 6.45) is 1.59. The first-order chi connectivity index (χ1) is 8.13. The molecule has 0 bridgehead atoms. The van der Waals surface area contributed by atoms with E-state index in [9.17, 15) is 13.0 Å². The van der Waals surface area contributed by atoms with Gasteiger partial charge in [0.15, 0.2) is 0 Å². The molecule has 0 radical (unpaired) electrons. The van der Waals surface area contributed by atoms with Crippen LogP contribution in [0.25, 0.3) is 0 Å². The molecule has 0 aliphatic rings. The minimum Gasteiger partial charge on any atom is -0.282 e. The highest BCUT2D eigenvalue weighted by Gasteiger charge is 2.19. The zero-order valence-corrected chi connectivity index (χ0v) is 13.3. The molecule has 0 saturated carbocycles. The predicted octanol–water partition coefficient (Wildman–Crippen LogP) is 3.38. The zero-order valence-electron chi connectivity index (χ0n) is 11.5. The average molecular weight is 286 g/mol. The molecular weight excluding hydrogens is 264 g/mol. The maximum Gasteiger partial charge on any atom is 0.294 e. The Morgan fingerprint density at radius 2 is 1.83 bits per heavy atom. The molecule has 102 valence electrons. The first kappa shape index (κ1) is 15.4. The minimum absolute atomic E-state index is 0.0675. The van der Waals surface area contributed by atoms with Gasteiger partial charge < -0.3 is 0 Å². The van der Waals surface area contributed by atoms with Gasteiger partial charge in [-0.05, 0) is 30.0 Å². The summed E-state index contributed by atoms with van der Waals surface area (Å²) >= 11 is 0. The van der Waals surface area contributed by atoms with Gasteiger partial charge in [0, 0.05) is 8.07 Å². The number of hydrogen-bond donors (Lipinski definition) is 1. The molecule has 1 rings (SSSR count). The van der Waals surface area contributed by atoms with Crippen LogP contribution < -0.4 is 0 Å². The van der Waals surface area contributed by atoms with E-state index in [1.165, 1.54) is 6.07 Å². The summed E-state index contributed by atoms with van der Waals surface area (Å²) in [6.45, 7) is 8.79. The first-order valence-corrected chi connectivity index (χ1v) is 11.4. The second-order valence-corrected chi connectivity index (χ2v) is 12.8. The van der Waals surface area contributed by atoms with Crippen molar-refractivity contribution in [1.29, 1.82) is 0 Å². The summed E-state index contributed by atoms with van der Waals surface area (Å²) in [6, 6.07) is 6.21. The fraction of sp³-hybridized carbons (Fsp3) is 0.538. The van der Waals surface area contributed by atoms with Crippen LogP contribution in [0.1, 0.15) is 18.1 Å². The van der Waals surface area contributed by atoms with E-state index < -0.39 is 18.2 Å². The van der Waals surface area contributed by atoms with Gasteiger partial charge in [-0.3, -0.25) is 4.55 Å². The van der Waals surface area contributed by atoms with Crippen LogP contribution in [-0.4, -0.2) is 21.0 Å². The Balaban J connectivity index is 3.13. The molecule has 0 amide bonds. The van der Waals surface area contributed by atoms with Crippen molar-refractivity contribution in [3.8, 4) is 0 Å². The van der Waals surface area contributed by atoms with Crippen LogP contribution in [0.15, 0.2) is 23.1 Å². The quantitative estimate of drug-likeness (QED) is 0.667. The summed E-state index contributed by atoms with van der Waals surface area (Å²) in [5.74, 6) is 0. The van der Waals surface area contributed by atoms with Crippen molar-refractivity contribution in [2.75, 3.05) is 0 Å². The van der Waals surface area contributed by atoms with Gasteiger partial charge in [0.1, 0.15) is 0 Å². The Morgan fingerprint density at radius 3 is 2.28 bits per heavy atom. The van der Waals surface area contributed by atoms with E-state index in [1.807, 2.05) is 13.0 Å². The molecule has 5 heteroatoms. The molecule has 0 spiro atoms. The van der Waals surface area contributed by atoms with Gasteiger partial charge in [-0.2, -0.15) is 8.42 Å². The highest BCUT2D eigenvalue weighted by atomic mass is 32.2. The summed E-state index contributed by atoms with van der Waals surface area (Å²) in [4.78, 5) is 0.0675. The van der Waals surface area contributed by atoms with Crippen LogP contribution in [0.2, 0.25) is 25.7 Å². The zero-order chi connectivity index (χ0) is 14.0. The van der Waals surface area contributed by atoms with Crippen LogP contribution in [0, 0.1) is 0 Å². The van der Waals surface area contributed by atoms with Gasteiger partial charge >= 0.3 is 0 Å². The Bertz CT molecular complexity index is 516. The fourth-order valence-electron chi connectivity index (χ4n) is 1.81. The molecule has 0 atom stereocenters. The monoisotopic (exact) mass is 286 g/mol. The molecule has 0 fully saturated rings. The van der Waals surface area contributed by atoms with Gasteiger partial charge in [0.25, 0.3) is 10.1 Å². The standard InChI is InChI=1S/C13H22O3SSi/c1-5-11-6-7-13(17(14,15)16)12(10-11)8-9-18(2,3)4/h6-7,10H,5,8-9H2,1-4H3,(H,14,15,16). The van der Waals surface area contributed by atoms with E-state index in [2.05, 4.69) is 19.6 Å². The summed E-state index contributed by atoms with van der Waals surface area (Å²) in [5, 5.41) is 0. The van der Waals surface area contributed by atoms with E-state index in [4.69, 9.17) is 0 Å². The average Bonchev–Trinajstić information content (AvgIpc) is 2.23. The van der Waals surface area contributed by atoms with Crippen molar-refractivity contribution in [3.63, 3.8) is 0 Å². The summed E-state index contributed by atoms with van der Waals surface area (Å²) in [5.41, 5.74) is 1.85. The van der Waals surface area contributed by atoms with Crippen LogP contribution in [0.3, 0.4) is 0 Å². The summed E-state index contributed by atoms with van der Waals surface area (Å²) < 4.78 is 31.9. The maximum absolute atomic E-state index is 11.3. The smallest absolute Gasteiger partial charge is 0.282 e. The second-order valence-electron chi connectivity index (χ2n) is 5.83. The fourth-order valence-corrected chi connectivity index (χ4v) is 3.56. The molecule has 0 saturated heterocycles. The van der Waals surface area contributed by atoms with Crippen molar-refractivity contribution < 1.29 is 13.0 Å². The molecule has 0 heterocycles. The van der Waals surface area contributed by atoms with E-state index >= 15 is 0 Å². The number of rotatable bonds is 5. The topological polar surface area (TPSA) is 54.4 Å². The normalized spacial score (nSPS) is 12.7. The van der Waals surface area contributed by atoms with Crippen molar-refractivity contribution >= 4 is 18.2 Å². The molecular formula is C13H22O3SSi. The Labute approximate surface area is 111 Å². The third-order valence-electron chi connectivity index (χ3n) is 2.96. The molecule has 0 aromatic heterocycles. The van der Waals surface area contributed by atoms with Gasteiger partial charge in [0.05, 0.1) is 4.90 Å². The molecule has 0 aliphatic heterocycles. The van der Waals surface area contributed by atoms with Crippen molar-refractivity contribution in [1.82, 2.24) is 0 Å². The minimum atomic E-state index is -4.11.